The average Bonchev–Trinajstić information content (AvgIpc) is 2.18. The van der Waals surface area contributed by atoms with Crippen molar-refractivity contribution < 1.29 is 29.7 Å². The van der Waals surface area contributed by atoms with Crippen LogP contribution < -0.4 is 31.3 Å². The molecule has 0 radical (unpaired) electrons. The molecule has 0 fully saturated rings. The van der Waals surface area contributed by atoms with Crippen molar-refractivity contribution in [2.45, 2.75) is 0 Å². The van der Waals surface area contributed by atoms with Crippen LogP contribution in [0.4, 0.5) is 0 Å². The number of carbonyl (C=O) groups excluding carboxylic acids is 3. The van der Waals surface area contributed by atoms with Gasteiger partial charge in [-0.05, 0) is 21.1 Å². The zero-order valence-electron chi connectivity index (χ0n) is 11.1. The fraction of sp³-hybridized carbons (Fsp3) is 0.667. The first kappa shape index (κ1) is 26.4. The van der Waals surface area contributed by atoms with Crippen molar-refractivity contribution in [3.05, 3.63) is 0 Å². The molecule has 108 valence electrons. The zero-order valence-corrected chi connectivity index (χ0v) is 12.3. The second kappa shape index (κ2) is 22.0. The summed E-state index contributed by atoms with van der Waals surface area (Å²) < 4.78 is 0. The molecule has 0 aromatic heterocycles. The third kappa shape index (κ3) is 60.4. The predicted octanol–water partition coefficient (Wildman–Crippen LogP) is -6.51. The summed E-state index contributed by atoms with van der Waals surface area (Å²) in [7, 11) is 4.65. The third-order valence-corrected chi connectivity index (χ3v) is 0.963. The number of carbonyl (C=O) groups is 3. The van der Waals surface area contributed by atoms with Gasteiger partial charge in [-0.3, -0.25) is 0 Å². The molecular formula is C9H18AlN3O6. The van der Waals surface area contributed by atoms with E-state index in [0.717, 1.165) is 0 Å². The minimum Gasteiger partial charge on any atom is -0.549 e. The van der Waals surface area contributed by atoms with Crippen LogP contribution in [0.5, 0.6) is 0 Å². The zero-order chi connectivity index (χ0) is 15.0. The van der Waals surface area contributed by atoms with Gasteiger partial charge in [-0.15, -0.1) is 0 Å². The molecule has 9 nitrogen and oxygen atoms in total. The first-order chi connectivity index (χ1) is 8.31. The Balaban J connectivity index is -0.0000000865. The van der Waals surface area contributed by atoms with E-state index >= 15 is 0 Å². The molecule has 0 aliphatic carbocycles. The number of carboxylic acid groups (broad SMARTS) is 3. The van der Waals surface area contributed by atoms with E-state index in [-0.39, 0.29) is 37.0 Å². The number of likely N-dealkylation sites (N-methyl/N-ethyl adjacent to an activating group) is 3. The van der Waals surface area contributed by atoms with Crippen molar-refractivity contribution in [2.75, 3.05) is 40.8 Å². The SMILES string of the molecule is CNCC(=O)[O-].CNCC(=O)[O-].CNCC(=O)[O-].[Al+3]. The van der Waals surface area contributed by atoms with Gasteiger partial charge in [0.2, 0.25) is 0 Å². The molecule has 0 unspecified atom stereocenters. The molecule has 0 aliphatic rings. The maximum atomic E-state index is 9.43. The Bertz CT molecular complexity index is 202. The molecule has 0 saturated heterocycles. The molecule has 0 amide bonds. The van der Waals surface area contributed by atoms with Gasteiger partial charge in [-0.2, -0.15) is 0 Å². The summed E-state index contributed by atoms with van der Waals surface area (Å²) in [4.78, 5) is 28.3. The maximum Gasteiger partial charge on any atom is 3.00 e. The number of nitrogens with one attached hydrogen (secondary N) is 3. The van der Waals surface area contributed by atoms with Crippen LogP contribution in [0.15, 0.2) is 0 Å². The average molecular weight is 291 g/mol. The molecule has 10 heteroatoms. The summed E-state index contributed by atoms with van der Waals surface area (Å²) in [6.07, 6.45) is 0. The third-order valence-electron chi connectivity index (χ3n) is 0.963. The topological polar surface area (TPSA) is 156 Å². The molecule has 0 spiro atoms. The van der Waals surface area contributed by atoms with Gasteiger partial charge in [-0.25, -0.2) is 0 Å². The molecule has 0 atom stereocenters. The first-order valence-corrected chi connectivity index (χ1v) is 4.85. The van der Waals surface area contributed by atoms with Gasteiger partial charge in [0.15, 0.2) is 0 Å². The fourth-order valence-corrected chi connectivity index (χ4v) is 0.433. The molecule has 0 bridgehead atoms. The van der Waals surface area contributed by atoms with Crippen molar-refractivity contribution in [2.24, 2.45) is 0 Å². The van der Waals surface area contributed by atoms with E-state index in [2.05, 4.69) is 16.0 Å². The van der Waals surface area contributed by atoms with E-state index in [1.807, 2.05) is 0 Å². The van der Waals surface area contributed by atoms with Crippen LogP contribution in [0.1, 0.15) is 0 Å². The van der Waals surface area contributed by atoms with Crippen LogP contribution in [0.3, 0.4) is 0 Å². The number of rotatable bonds is 6. The monoisotopic (exact) mass is 291 g/mol. The van der Waals surface area contributed by atoms with Gasteiger partial charge in [0.05, 0.1) is 17.9 Å². The smallest absolute Gasteiger partial charge is 0.549 e. The second-order valence-corrected chi connectivity index (χ2v) is 2.71. The van der Waals surface area contributed by atoms with Crippen LogP contribution in [-0.2, 0) is 14.4 Å². The Labute approximate surface area is 122 Å². The molecule has 0 aromatic rings. The van der Waals surface area contributed by atoms with Crippen LogP contribution >= 0.6 is 0 Å². The van der Waals surface area contributed by atoms with E-state index < -0.39 is 17.9 Å². The Morgan fingerprint density at radius 3 is 0.842 bits per heavy atom. The molecule has 0 saturated carbocycles. The Morgan fingerprint density at radius 1 is 0.684 bits per heavy atom. The molecular weight excluding hydrogens is 273 g/mol. The molecule has 0 aromatic carbocycles. The molecule has 0 rings (SSSR count). The van der Waals surface area contributed by atoms with Crippen molar-refractivity contribution in [3.63, 3.8) is 0 Å². The minimum absolute atomic E-state index is 0. The quantitative estimate of drug-likeness (QED) is 0.405. The molecule has 0 aliphatic heterocycles. The van der Waals surface area contributed by atoms with E-state index in [9.17, 15) is 29.7 Å². The van der Waals surface area contributed by atoms with E-state index in [0.29, 0.717) is 0 Å². The van der Waals surface area contributed by atoms with Crippen LogP contribution in [0, 0.1) is 0 Å². The summed E-state index contributed by atoms with van der Waals surface area (Å²) in [6.45, 7) is -0.208. The van der Waals surface area contributed by atoms with E-state index in [4.69, 9.17) is 0 Å². The largest absolute Gasteiger partial charge is 3.00 e. The number of hydrogen-bond acceptors (Lipinski definition) is 9. The summed E-state index contributed by atoms with van der Waals surface area (Å²) in [5.41, 5.74) is 0. The summed E-state index contributed by atoms with van der Waals surface area (Å²) in [6, 6.07) is 0. The van der Waals surface area contributed by atoms with Crippen molar-refractivity contribution in [3.8, 4) is 0 Å². The molecule has 3 N–H and O–H groups in total. The van der Waals surface area contributed by atoms with Gasteiger partial charge >= 0.3 is 17.4 Å². The van der Waals surface area contributed by atoms with Crippen molar-refractivity contribution in [1.29, 1.82) is 0 Å². The summed E-state index contributed by atoms with van der Waals surface area (Å²) >= 11 is 0. The second-order valence-electron chi connectivity index (χ2n) is 2.71. The standard InChI is InChI=1S/3C3H7NO2.Al/c3*1-4-2-3(5)6;/h3*4H,2H2,1H3,(H,5,6);/q;;;+3/p-3. The van der Waals surface area contributed by atoms with Gasteiger partial charge in [0, 0.05) is 19.6 Å². The van der Waals surface area contributed by atoms with Crippen LogP contribution in [0.2, 0.25) is 0 Å². The van der Waals surface area contributed by atoms with E-state index in [1.165, 1.54) is 0 Å². The Hall–Kier alpha value is -1.18. The fourth-order valence-electron chi connectivity index (χ4n) is 0.433. The first-order valence-electron chi connectivity index (χ1n) is 4.85. The molecule has 19 heavy (non-hydrogen) atoms. The Kier molecular flexibility index (Phi) is 30.6. The number of carboxylic acids is 3. The van der Waals surface area contributed by atoms with Gasteiger partial charge < -0.3 is 45.7 Å². The minimum atomic E-state index is -1.07. The number of aliphatic carboxylic acids is 3. The maximum absolute atomic E-state index is 9.43. The van der Waals surface area contributed by atoms with Gasteiger partial charge in [0.1, 0.15) is 0 Å². The number of hydrogen-bond donors (Lipinski definition) is 3. The van der Waals surface area contributed by atoms with Gasteiger partial charge in [0.25, 0.3) is 0 Å². The summed E-state index contributed by atoms with van der Waals surface area (Å²) in [5, 5.41) is 35.5. The Morgan fingerprint density at radius 2 is 0.842 bits per heavy atom. The summed E-state index contributed by atoms with van der Waals surface area (Å²) in [5.74, 6) is -3.22. The predicted molar refractivity (Wildman–Crippen MR) is 62.6 cm³/mol. The van der Waals surface area contributed by atoms with Crippen LogP contribution in [0.25, 0.3) is 0 Å². The van der Waals surface area contributed by atoms with Crippen LogP contribution in [-0.4, -0.2) is 76.0 Å². The van der Waals surface area contributed by atoms with Crippen molar-refractivity contribution in [1.82, 2.24) is 16.0 Å². The van der Waals surface area contributed by atoms with Gasteiger partial charge in [-0.1, -0.05) is 0 Å². The normalized spacial score (nSPS) is 7.74. The van der Waals surface area contributed by atoms with E-state index in [1.54, 1.807) is 21.1 Å². The molecule has 0 heterocycles. The van der Waals surface area contributed by atoms with Crippen molar-refractivity contribution >= 4 is 35.3 Å².